The molecular weight excluding hydrogens is 164 g/mol. The maximum Gasteiger partial charge on any atom is 0.316 e. The van der Waals surface area contributed by atoms with Crippen LogP contribution in [0.15, 0.2) is 12.1 Å². The van der Waals surface area contributed by atoms with Gasteiger partial charge in [0.25, 0.3) is 0 Å². The second-order valence-electron chi connectivity index (χ2n) is 2.16. The number of phenols is 2. The molecule has 0 radical (unpaired) electrons. The van der Waals surface area contributed by atoms with E-state index in [1.807, 2.05) is 0 Å². The number of phenolic OH excluding ortho intramolecular Hbond substituents is 2. The van der Waals surface area contributed by atoms with E-state index in [1.54, 1.807) is 0 Å². The van der Waals surface area contributed by atoms with Gasteiger partial charge in [0.2, 0.25) is 5.75 Å². The highest BCUT2D eigenvalue weighted by atomic mass is 16.6. The van der Waals surface area contributed by atoms with Gasteiger partial charge < -0.3 is 15.9 Å². The highest BCUT2D eigenvalue weighted by Gasteiger charge is 2.17. The molecule has 1 aromatic rings. The highest BCUT2D eigenvalue weighted by molar-refractivity contribution is 5.62. The Morgan fingerprint density at radius 3 is 2.50 bits per heavy atom. The van der Waals surface area contributed by atoms with Crippen LogP contribution < -0.4 is 5.73 Å². The van der Waals surface area contributed by atoms with Gasteiger partial charge >= 0.3 is 5.69 Å². The molecule has 1 aromatic carbocycles. The van der Waals surface area contributed by atoms with Crippen molar-refractivity contribution in [2.45, 2.75) is 0 Å². The lowest BCUT2D eigenvalue weighted by Gasteiger charge is -1.99. The molecule has 0 saturated carbocycles. The Labute approximate surface area is 67.0 Å². The van der Waals surface area contributed by atoms with E-state index in [9.17, 15) is 10.1 Å². The number of benzene rings is 1. The average Bonchev–Trinajstić information content (AvgIpc) is 1.96. The van der Waals surface area contributed by atoms with Crippen LogP contribution in [0.5, 0.6) is 11.5 Å². The van der Waals surface area contributed by atoms with Gasteiger partial charge in [0.05, 0.1) is 4.92 Å². The van der Waals surface area contributed by atoms with E-state index >= 15 is 0 Å². The lowest BCUT2D eigenvalue weighted by molar-refractivity contribution is -0.385. The van der Waals surface area contributed by atoms with Crippen LogP contribution in [0.3, 0.4) is 0 Å². The Kier molecular flexibility index (Phi) is 1.74. The number of nitro groups is 1. The second-order valence-corrected chi connectivity index (χ2v) is 2.16. The van der Waals surface area contributed by atoms with Crippen LogP contribution in [0.4, 0.5) is 11.4 Å². The van der Waals surface area contributed by atoms with Crippen molar-refractivity contribution in [3.05, 3.63) is 22.2 Å². The fourth-order valence-electron chi connectivity index (χ4n) is 0.765. The molecule has 4 N–H and O–H groups in total. The van der Waals surface area contributed by atoms with Crippen molar-refractivity contribution < 1.29 is 15.1 Å². The molecule has 0 saturated heterocycles. The van der Waals surface area contributed by atoms with Crippen molar-refractivity contribution >= 4 is 11.4 Å². The second kappa shape index (κ2) is 2.57. The Bertz CT molecular complexity index is 337. The number of nitro benzene ring substituents is 1. The van der Waals surface area contributed by atoms with Crippen LogP contribution in [0.25, 0.3) is 0 Å². The number of hydrogen-bond acceptors (Lipinski definition) is 5. The Morgan fingerprint density at radius 1 is 1.42 bits per heavy atom. The van der Waals surface area contributed by atoms with Crippen molar-refractivity contribution in [2.24, 2.45) is 0 Å². The first kappa shape index (κ1) is 8.12. The van der Waals surface area contributed by atoms with E-state index < -0.39 is 22.1 Å². The van der Waals surface area contributed by atoms with Crippen LogP contribution in [-0.2, 0) is 0 Å². The van der Waals surface area contributed by atoms with Gasteiger partial charge in [0.15, 0.2) is 5.75 Å². The smallest absolute Gasteiger partial charge is 0.316 e. The summed E-state index contributed by atoms with van der Waals surface area (Å²) in [5.41, 5.74) is 4.61. The molecule has 1 rings (SSSR count). The van der Waals surface area contributed by atoms with E-state index in [-0.39, 0.29) is 5.69 Å². The Balaban J connectivity index is 3.37. The molecule has 0 aliphatic rings. The minimum atomic E-state index is -0.828. The van der Waals surface area contributed by atoms with E-state index in [0.717, 1.165) is 12.1 Å². The SMILES string of the molecule is Nc1cc(O)c(O)c([N+](=O)[O-])c1. The summed E-state index contributed by atoms with van der Waals surface area (Å²) in [6.45, 7) is 0. The molecule has 0 spiro atoms. The summed E-state index contributed by atoms with van der Waals surface area (Å²) in [5, 5.41) is 28.0. The van der Waals surface area contributed by atoms with Gasteiger partial charge in [0.1, 0.15) is 0 Å². The molecule has 0 bridgehead atoms. The Hall–Kier alpha value is -1.98. The summed E-state index contributed by atoms with van der Waals surface area (Å²) in [4.78, 5) is 9.38. The fourth-order valence-corrected chi connectivity index (χ4v) is 0.765. The average molecular weight is 170 g/mol. The van der Waals surface area contributed by atoms with Gasteiger partial charge in [-0.2, -0.15) is 0 Å². The highest BCUT2D eigenvalue weighted by Crippen LogP contribution is 2.36. The lowest BCUT2D eigenvalue weighted by Crippen LogP contribution is -1.91. The molecule has 0 amide bonds. The third-order valence-electron chi connectivity index (χ3n) is 1.29. The molecule has 64 valence electrons. The summed E-state index contributed by atoms with van der Waals surface area (Å²) >= 11 is 0. The fraction of sp³-hybridized carbons (Fsp3) is 0. The molecule has 0 unspecified atom stereocenters. The van der Waals surface area contributed by atoms with Gasteiger partial charge in [-0.3, -0.25) is 10.1 Å². The number of nitrogens with zero attached hydrogens (tertiary/aromatic N) is 1. The number of rotatable bonds is 1. The van der Waals surface area contributed by atoms with Crippen molar-refractivity contribution in [1.82, 2.24) is 0 Å². The van der Waals surface area contributed by atoms with Gasteiger partial charge in [-0.05, 0) is 0 Å². The van der Waals surface area contributed by atoms with Crippen LogP contribution >= 0.6 is 0 Å². The minimum absolute atomic E-state index is 0.0250. The van der Waals surface area contributed by atoms with E-state index in [1.165, 1.54) is 0 Å². The van der Waals surface area contributed by atoms with Crippen LogP contribution in [0, 0.1) is 10.1 Å². The molecule has 0 aliphatic carbocycles. The predicted octanol–water partition coefficient (Wildman–Crippen LogP) is 0.588. The van der Waals surface area contributed by atoms with Gasteiger partial charge in [-0.1, -0.05) is 0 Å². The predicted molar refractivity (Wildman–Crippen MR) is 40.8 cm³/mol. The summed E-state index contributed by atoms with van der Waals surface area (Å²) in [5.74, 6) is -1.36. The maximum absolute atomic E-state index is 10.2. The number of aromatic hydroxyl groups is 2. The van der Waals surface area contributed by atoms with E-state index in [4.69, 9.17) is 15.9 Å². The van der Waals surface area contributed by atoms with Crippen molar-refractivity contribution in [1.29, 1.82) is 0 Å². The van der Waals surface area contributed by atoms with Crippen molar-refractivity contribution in [2.75, 3.05) is 5.73 Å². The quantitative estimate of drug-likeness (QED) is 0.188. The third kappa shape index (κ3) is 1.22. The molecule has 0 fully saturated rings. The first-order valence-corrected chi connectivity index (χ1v) is 2.98. The van der Waals surface area contributed by atoms with Gasteiger partial charge in [-0.15, -0.1) is 0 Å². The number of hydrogen-bond donors (Lipinski definition) is 3. The van der Waals surface area contributed by atoms with Gasteiger partial charge in [-0.25, -0.2) is 0 Å². The topological polar surface area (TPSA) is 110 Å². The largest absolute Gasteiger partial charge is 0.504 e. The van der Waals surface area contributed by atoms with Gasteiger partial charge in [0, 0.05) is 17.8 Å². The number of nitrogens with two attached hydrogens (primary N) is 1. The first-order valence-electron chi connectivity index (χ1n) is 2.98. The molecule has 12 heavy (non-hydrogen) atoms. The van der Waals surface area contributed by atoms with Crippen molar-refractivity contribution in [3.8, 4) is 11.5 Å². The minimum Gasteiger partial charge on any atom is -0.504 e. The summed E-state index contributed by atoms with van der Waals surface area (Å²) in [6.07, 6.45) is 0. The normalized spacial score (nSPS) is 9.67. The molecular formula is C6H6N2O4. The number of nitrogen functional groups attached to an aromatic ring is 1. The number of anilines is 1. The molecule has 0 aliphatic heterocycles. The summed E-state index contributed by atoms with van der Waals surface area (Å²) < 4.78 is 0. The summed E-state index contributed by atoms with van der Waals surface area (Å²) in [7, 11) is 0. The summed E-state index contributed by atoms with van der Waals surface area (Å²) in [6, 6.07) is 2.00. The first-order chi connectivity index (χ1) is 5.52. The Morgan fingerprint density at radius 2 is 2.00 bits per heavy atom. The third-order valence-corrected chi connectivity index (χ3v) is 1.29. The monoisotopic (exact) mass is 170 g/mol. The zero-order valence-electron chi connectivity index (χ0n) is 5.89. The van der Waals surface area contributed by atoms with Crippen LogP contribution in [0.2, 0.25) is 0 Å². The molecule has 6 heteroatoms. The molecule has 0 aromatic heterocycles. The van der Waals surface area contributed by atoms with Crippen LogP contribution in [-0.4, -0.2) is 15.1 Å². The van der Waals surface area contributed by atoms with Crippen LogP contribution in [0.1, 0.15) is 0 Å². The lowest BCUT2D eigenvalue weighted by atomic mass is 10.2. The van der Waals surface area contributed by atoms with Crippen molar-refractivity contribution in [3.63, 3.8) is 0 Å². The molecule has 0 atom stereocenters. The standard InChI is InChI=1S/C6H6N2O4/c7-3-1-4(8(11)12)6(10)5(9)2-3/h1-2,9-10H,7H2. The molecule has 0 heterocycles. The zero-order valence-corrected chi connectivity index (χ0v) is 5.89. The maximum atomic E-state index is 10.2. The van der Waals surface area contributed by atoms with E-state index in [0.29, 0.717) is 0 Å². The molecule has 6 nitrogen and oxygen atoms in total. The zero-order chi connectivity index (χ0) is 9.30. The van der Waals surface area contributed by atoms with E-state index in [2.05, 4.69) is 0 Å².